The van der Waals surface area contributed by atoms with Gasteiger partial charge in [-0.15, -0.1) is 0 Å². The van der Waals surface area contributed by atoms with Crippen LogP contribution in [-0.2, 0) is 0 Å². The fraction of sp³-hybridized carbons (Fsp3) is 0.571. The summed E-state index contributed by atoms with van der Waals surface area (Å²) < 4.78 is 10.5. The number of halogens is 1. The van der Waals surface area contributed by atoms with Crippen LogP contribution in [0.3, 0.4) is 0 Å². The second kappa shape index (κ2) is 6.35. The van der Waals surface area contributed by atoms with Gasteiger partial charge in [-0.3, -0.25) is 0 Å². The van der Waals surface area contributed by atoms with Gasteiger partial charge in [0.1, 0.15) is 11.5 Å². The molecule has 1 aromatic rings. The van der Waals surface area contributed by atoms with Crippen LogP contribution >= 0.6 is 11.6 Å². The van der Waals surface area contributed by atoms with Gasteiger partial charge in [-0.05, 0) is 18.9 Å². The quantitative estimate of drug-likeness (QED) is 0.893. The number of ether oxygens (including phenoxy) is 2. The van der Waals surface area contributed by atoms with Crippen molar-refractivity contribution in [2.45, 2.75) is 37.8 Å². The summed E-state index contributed by atoms with van der Waals surface area (Å²) in [5.74, 6) is 1.24. The molecule has 2 rings (SSSR count). The van der Waals surface area contributed by atoms with Crippen LogP contribution in [0.1, 0.15) is 25.7 Å². The van der Waals surface area contributed by atoms with E-state index in [0.717, 1.165) is 31.4 Å². The van der Waals surface area contributed by atoms with Crippen molar-refractivity contribution in [2.75, 3.05) is 19.5 Å². The monoisotopic (exact) mass is 285 g/mol. The first-order valence-electron chi connectivity index (χ1n) is 6.52. The topological polar surface area (TPSA) is 50.7 Å². The molecule has 1 saturated carbocycles. The minimum Gasteiger partial charge on any atom is -0.495 e. The van der Waals surface area contributed by atoms with E-state index in [0.29, 0.717) is 16.5 Å². The number of aliphatic hydroxyl groups is 1. The predicted molar refractivity (Wildman–Crippen MR) is 76.4 cm³/mol. The lowest BCUT2D eigenvalue weighted by Gasteiger charge is -2.30. The Morgan fingerprint density at radius 2 is 1.84 bits per heavy atom. The Hall–Kier alpha value is -1.13. The first-order valence-corrected chi connectivity index (χ1v) is 6.89. The van der Waals surface area contributed by atoms with E-state index in [4.69, 9.17) is 21.1 Å². The average molecular weight is 286 g/mol. The molecule has 1 fully saturated rings. The van der Waals surface area contributed by atoms with E-state index >= 15 is 0 Å². The van der Waals surface area contributed by atoms with E-state index in [9.17, 15) is 5.11 Å². The Morgan fingerprint density at radius 1 is 1.16 bits per heavy atom. The standard InChI is InChI=1S/C14H20ClNO3/c1-18-13-8-14(19-2)11(7-9(13)15)16-10-5-3-4-6-12(10)17/h7-8,10,12,16-17H,3-6H2,1-2H3. The lowest BCUT2D eigenvalue weighted by Crippen LogP contribution is -2.36. The van der Waals surface area contributed by atoms with E-state index in [1.54, 1.807) is 26.4 Å². The highest BCUT2D eigenvalue weighted by atomic mass is 35.5. The average Bonchev–Trinajstić information content (AvgIpc) is 2.42. The number of rotatable bonds is 4. The van der Waals surface area contributed by atoms with Crippen LogP contribution in [0, 0.1) is 0 Å². The van der Waals surface area contributed by atoms with Gasteiger partial charge in [0, 0.05) is 6.07 Å². The fourth-order valence-corrected chi connectivity index (χ4v) is 2.69. The molecule has 1 aliphatic rings. The molecule has 0 aromatic heterocycles. The molecule has 0 amide bonds. The fourth-order valence-electron chi connectivity index (χ4n) is 2.45. The van der Waals surface area contributed by atoms with E-state index < -0.39 is 0 Å². The highest BCUT2D eigenvalue weighted by molar-refractivity contribution is 6.32. The van der Waals surface area contributed by atoms with Crippen molar-refractivity contribution in [3.8, 4) is 11.5 Å². The van der Waals surface area contributed by atoms with Crippen molar-refractivity contribution in [1.82, 2.24) is 0 Å². The smallest absolute Gasteiger partial charge is 0.145 e. The second-order valence-electron chi connectivity index (χ2n) is 4.79. The van der Waals surface area contributed by atoms with E-state index in [1.807, 2.05) is 0 Å². The summed E-state index contributed by atoms with van der Waals surface area (Å²) in [5.41, 5.74) is 0.791. The summed E-state index contributed by atoms with van der Waals surface area (Å²) in [6.45, 7) is 0. The largest absolute Gasteiger partial charge is 0.495 e. The number of nitrogens with one attached hydrogen (secondary N) is 1. The first kappa shape index (κ1) is 14.3. The van der Waals surface area contributed by atoms with Gasteiger partial charge in [0.05, 0.1) is 37.1 Å². The number of benzene rings is 1. The third-order valence-corrected chi connectivity index (χ3v) is 3.84. The molecule has 19 heavy (non-hydrogen) atoms. The maximum absolute atomic E-state index is 10.0. The number of hydrogen-bond donors (Lipinski definition) is 2. The van der Waals surface area contributed by atoms with Gasteiger partial charge in [-0.1, -0.05) is 24.4 Å². The summed E-state index contributed by atoms with van der Waals surface area (Å²) >= 11 is 6.13. The molecule has 1 aromatic carbocycles. The van der Waals surface area contributed by atoms with Crippen molar-refractivity contribution in [1.29, 1.82) is 0 Å². The molecule has 5 heteroatoms. The van der Waals surface area contributed by atoms with Crippen LogP contribution in [0.5, 0.6) is 11.5 Å². The zero-order valence-corrected chi connectivity index (χ0v) is 12.0. The SMILES string of the molecule is COc1cc(OC)c(NC2CCCCC2O)cc1Cl. The lowest BCUT2D eigenvalue weighted by molar-refractivity contribution is 0.116. The molecule has 0 bridgehead atoms. The third kappa shape index (κ3) is 3.25. The van der Waals surface area contributed by atoms with Crippen LogP contribution in [0.2, 0.25) is 5.02 Å². The minimum absolute atomic E-state index is 0.0483. The maximum atomic E-state index is 10.0. The predicted octanol–water partition coefficient (Wildman–Crippen LogP) is 3.07. The lowest BCUT2D eigenvalue weighted by atomic mass is 9.92. The van der Waals surface area contributed by atoms with Crippen LogP contribution in [0.15, 0.2) is 12.1 Å². The van der Waals surface area contributed by atoms with Gasteiger partial charge in [-0.25, -0.2) is 0 Å². The van der Waals surface area contributed by atoms with Crippen LogP contribution < -0.4 is 14.8 Å². The summed E-state index contributed by atoms with van der Waals surface area (Å²) in [6, 6.07) is 3.58. The number of aliphatic hydroxyl groups excluding tert-OH is 1. The van der Waals surface area contributed by atoms with Crippen LogP contribution in [-0.4, -0.2) is 31.5 Å². The molecule has 2 unspecified atom stereocenters. The van der Waals surface area contributed by atoms with E-state index in [2.05, 4.69) is 5.32 Å². The number of hydrogen-bond acceptors (Lipinski definition) is 4. The van der Waals surface area contributed by atoms with E-state index in [-0.39, 0.29) is 12.1 Å². The molecule has 0 radical (unpaired) electrons. The molecule has 2 N–H and O–H groups in total. The Bertz CT molecular complexity index is 439. The van der Waals surface area contributed by atoms with Gasteiger partial charge in [0.2, 0.25) is 0 Å². The van der Waals surface area contributed by atoms with Crippen molar-refractivity contribution in [3.05, 3.63) is 17.2 Å². The zero-order valence-electron chi connectivity index (χ0n) is 11.3. The molecule has 4 nitrogen and oxygen atoms in total. The molecule has 0 aliphatic heterocycles. The second-order valence-corrected chi connectivity index (χ2v) is 5.20. The highest BCUT2D eigenvalue weighted by Gasteiger charge is 2.24. The normalized spacial score (nSPS) is 22.9. The molecule has 1 aliphatic carbocycles. The zero-order chi connectivity index (χ0) is 13.8. The molecule has 0 spiro atoms. The van der Waals surface area contributed by atoms with Gasteiger partial charge in [0.25, 0.3) is 0 Å². The molecular formula is C14H20ClNO3. The molecular weight excluding hydrogens is 266 g/mol. The van der Waals surface area contributed by atoms with Gasteiger partial charge >= 0.3 is 0 Å². The van der Waals surface area contributed by atoms with Crippen molar-refractivity contribution in [3.63, 3.8) is 0 Å². The highest BCUT2D eigenvalue weighted by Crippen LogP contribution is 2.37. The number of methoxy groups -OCH3 is 2. The summed E-state index contributed by atoms with van der Waals surface area (Å²) in [4.78, 5) is 0. The van der Waals surface area contributed by atoms with Crippen molar-refractivity contribution < 1.29 is 14.6 Å². The Morgan fingerprint density at radius 3 is 2.47 bits per heavy atom. The Labute approximate surface area is 118 Å². The maximum Gasteiger partial charge on any atom is 0.145 e. The van der Waals surface area contributed by atoms with E-state index in [1.165, 1.54) is 0 Å². The minimum atomic E-state index is -0.320. The summed E-state index contributed by atoms with van der Waals surface area (Å²) in [7, 11) is 3.17. The molecule has 0 heterocycles. The first-order chi connectivity index (χ1) is 9.15. The van der Waals surface area contributed by atoms with Crippen LogP contribution in [0.4, 0.5) is 5.69 Å². The van der Waals surface area contributed by atoms with Gasteiger partial charge in [-0.2, -0.15) is 0 Å². The van der Waals surface area contributed by atoms with Crippen molar-refractivity contribution in [2.24, 2.45) is 0 Å². The number of anilines is 1. The Kier molecular flexibility index (Phi) is 4.77. The molecule has 106 valence electrons. The van der Waals surface area contributed by atoms with Gasteiger partial charge < -0.3 is 19.9 Å². The van der Waals surface area contributed by atoms with Gasteiger partial charge in [0.15, 0.2) is 0 Å². The molecule has 2 atom stereocenters. The third-order valence-electron chi connectivity index (χ3n) is 3.54. The molecule has 0 saturated heterocycles. The van der Waals surface area contributed by atoms with Crippen molar-refractivity contribution >= 4 is 17.3 Å². The Balaban J connectivity index is 2.21. The summed E-state index contributed by atoms with van der Waals surface area (Å²) in [6.07, 6.45) is 3.68. The summed E-state index contributed by atoms with van der Waals surface area (Å²) in [5, 5.41) is 13.9. The van der Waals surface area contributed by atoms with Crippen LogP contribution in [0.25, 0.3) is 0 Å².